The maximum atomic E-state index is 13.5. The lowest BCUT2D eigenvalue weighted by atomic mass is 9.83. The van der Waals surface area contributed by atoms with Gasteiger partial charge in [-0.2, -0.15) is 0 Å². The maximum Gasteiger partial charge on any atom is 0.339 e. The van der Waals surface area contributed by atoms with Crippen LogP contribution in [0.25, 0.3) is 0 Å². The minimum atomic E-state index is -0.593. The molecule has 0 radical (unpaired) electrons. The SMILES string of the molecule is Cc1cc(F)cc2c1C(=O)OC21CCNCC1. The molecule has 0 amide bonds. The summed E-state index contributed by atoms with van der Waals surface area (Å²) < 4.78 is 19.1. The van der Waals surface area contributed by atoms with Crippen molar-refractivity contribution in [3.8, 4) is 0 Å². The molecule has 3 nitrogen and oxygen atoms in total. The van der Waals surface area contributed by atoms with Gasteiger partial charge in [-0.25, -0.2) is 9.18 Å². The number of carbonyl (C=O) groups excluding carboxylic acids is 1. The molecule has 1 saturated heterocycles. The van der Waals surface area contributed by atoms with Gasteiger partial charge >= 0.3 is 5.97 Å². The Morgan fingerprint density at radius 3 is 2.76 bits per heavy atom. The molecule has 1 aromatic rings. The van der Waals surface area contributed by atoms with Crippen LogP contribution in [0.2, 0.25) is 0 Å². The number of aryl methyl sites for hydroxylation is 1. The van der Waals surface area contributed by atoms with Gasteiger partial charge in [0.15, 0.2) is 0 Å². The van der Waals surface area contributed by atoms with E-state index < -0.39 is 5.60 Å². The molecule has 0 saturated carbocycles. The van der Waals surface area contributed by atoms with Crippen molar-refractivity contribution in [3.05, 3.63) is 34.6 Å². The first-order valence-electron chi connectivity index (χ1n) is 5.87. The number of esters is 1. The van der Waals surface area contributed by atoms with Crippen molar-refractivity contribution in [2.45, 2.75) is 25.4 Å². The van der Waals surface area contributed by atoms with Crippen LogP contribution in [-0.2, 0) is 10.3 Å². The van der Waals surface area contributed by atoms with Crippen LogP contribution >= 0.6 is 0 Å². The number of halogens is 1. The van der Waals surface area contributed by atoms with Crippen molar-refractivity contribution >= 4 is 5.97 Å². The Bertz CT molecular complexity index is 492. The van der Waals surface area contributed by atoms with E-state index in [1.807, 2.05) is 0 Å². The number of piperidine rings is 1. The van der Waals surface area contributed by atoms with Gasteiger partial charge in [0, 0.05) is 18.4 Å². The summed E-state index contributed by atoms with van der Waals surface area (Å²) in [5, 5.41) is 3.23. The summed E-state index contributed by atoms with van der Waals surface area (Å²) in [7, 11) is 0. The minimum absolute atomic E-state index is 0.294. The zero-order chi connectivity index (χ0) is 12.0. The smallest absolute Gasteiger partial charge is 0.339 e. The number of hydrogen-bond acceptors (Lipinski definition) is 3. The maximum absolute atomic E-state index is 13.5. The molecule has 2 heterocycles. The Balaban J connectivity index is 2.18. The predicted octanol–water partition coefficient (Wildman–Crippen LogP) is 1.88. The highest BCUT2D eigenvalue weighted by molar-refractivity contribution is 5.96. The van der Waals surface area contributed by atoms with Gasteiger partial charge in [0.2, 0.25) is 0 Å². The summed E-state index contributed by atoms with van der Waals surface area (Å²) >= 11 is 0. The number of benzene rings is 1. The molecule has 0 atom stereocenters. The molecular formula is C13H14FNO2. The fraction of sp³-hybridized carbons (Fsp3) is 0.462. The van der Waals surface area contributed by atoms with Crippen LogP contribution in [0.5, 0.6) is 0 Å². The molecule has 0 aliphatic carbocycles. The van der Waals surface area contributed by atoms with Crippen LogP contribution in [0, 0.1) is 12.7 Å². The average molecular weight is 235 g/mol. The van der Waals surface area contributed by atoms with E-state index in [4.69, 9.17) is 4.74 Å². The lowest BCUT2D eigenvalue weighted by molar-refractivity contribution is -0.0242. The Morgan fingerprint density at radius 2 is 2.06 bits per heavy atom. The molecule has 1 N–H and O–H groups in total. The Morgan fingerprint density at radius 1 is 1.35 bits per heavy atom. The van der Waals surface area contributed by atoms with E-state index in [9.17, 15) is 9.18 Å². The fourth-order valence-corrected chi connectivity index (χ4v) is 2.86. The molecule has 0 aromatic heterocycles. The second kappa shape index (κ2) is 3.53. The second-order valence-corrected chi connectivity index (χ2v) is 4.78. The van der Waals surface area contributed by atoms with E-state index in [0.29, 0.717) is 24.0 Å². The number of ether oxygens (including phenoxy) is 1. The van der Waals surface area contributed by atoms with E-state index in [1.165, 1.54) is 12.1 Å². The van der Waals surface area contributed by atoms with Crippen molar-refractivity contribution < 1.29 is 13.9 Å². The second-order valence-electron chi connectivity index (χ2n) is 4.78. The summed E-state index contributed by atoms with van der Waals surface area (Å²) in [6.07, 6.45) is 1.43. The molecule has 1 fully saturated rings. The van der Waals surface area contributed by atoms with Gasteiger partial charge in [-0.05, 0) is 37.7 Å². The monoisotopic (exact) mass is 235 g/mol. The number of fused-ring (bicyclic) bond motifs is 2. The first kappa shape index (κ1) is 10.7. The van der Waals surface area contributed by atoms with Crippen molar-refractivity contribution in [3.63, 3.8) is 0 Å². The molecule has 17 heavy (non-hydrogen) atoms. The molecule has 1 aromatic carbocycles. The zero-order valence-electron chi connectivity index (χ0n) is 9.68. The summed E-state index contributed by atoms with van der Waals surface area (Å²) in [6, 6.07) is 2.85. The average Bonchev–Trinajstić information content (AvgIpc) is 2.53. The molecule has 4 heteroatoms. The molecule has 0 bridgehead atoms. The van der Waals surface area contributed by atoms with Crippen LogP contribution in [0.1, 0.15) is 34.3 Å². The van der Waals surface area contributed by atoms with Crippen molar-refractivity contribution in [1.29, 1.82) is 0 Å². The number of hydrogen-bond donors (Lipinski definition) is 1. The third-order valence-electron chi connectivity index (χ3n) is 3.69. The van der Waals surface area contributed by atoms with Gasteiger partial charge in [0.05, 0.1) is 5.56 Å². The van der Waals surface area contributed by atoms with E-state index in [1.54, 1.807) is 6.92 Å². The molecular weight excluding hydrogens is 221 g/mol. The third-order valence-corrected chi connectivity index (χ3v) is 3.69. The first-order chi connectivity index (χ1) is 8.12. The summed E-state index contributed by atoms with van der Waals surface area (Å²) in [4.78, 5) is 11.9. The topological polar surface area (TPSA) is 38.3 Å². The lowest BCUT2D eigenvalue weighted by Crippen LogP contribution is -2.40. The Labute approximate surface area is 99.0 Å². The molecule has 90 valence electrons. The van der Waals surface area contributed by atoms with Gasteiger partial charge in [0.1, 0.15) is 11.4 Å². The summed E-state index contributed by atoms with van der Waals surface area (Å²) in [5.74, 6) is -0.600. The standard InChI is InChI=1S/C13H14FNO2/c1-8-6-9(14)7-10-11(8)12(16)17-13(10)2-4-15-5-3-13/h6-7,15H,2-5H2,1H3. The molecule has 2 aliphatic heterocycles. The van der Waals surface area contributed by atoms with E-state index in [-0.39, 0.29) is 11.8 Å². The zero-order valence-corrected chi connectivity index (χ0v) is 9.68. The first-order valence-corrected chi connectivity index (χ1v) is 5.87. The highest BCUT2D eigenvalue weighted by atomic mass is 19.1. The highest BCUT2D eigenvalue weighted by Gasteiger charge is 2.46. The van der Waals surface area contributed by atoms with Crippen molar-refractivity contribution in [2.75, 3.05) is 13.1 Å². The van der Waals surface area contributed by atoms with Crippen molar-refractivity contribution in [2.24, 2.45) is 0 Å². The minimum Gasteiger partial charge on any atom is -0.450 e. The van der Waals surface area contributed by atoms with Crippen LogP contribution < -0.4 is 5.32 Å². The molecule has 2 aliphatic rings. The van der Waals surface area contributed by atoms with Gasteiger partial charge in [-0.1, -0.05) is 0 Å². The molecule has 3 rings (SSSR count). The Kier molecular flexibility index (Phi) is 2.23. The fourth-order valence-electron chi connectivity index (χ4n) is 2.86. The number of nitrogens with one attached hydrogen (secondary N) is 1. The molecule has 0 unspecified atom stereocenters. The summed E-state index contributed by atoms with van der Waals surface area (Å²) in [5.41, 5.74) is 1.38. The lowest BCUT2D eigenvalue weighted by Gasteiger charge is -2.33. The van der Waals surface area contributed by atoms with E-state index in [0.717, 1.165) is 18.7 Å². The number of rotatable bonds is 0. The van der Waals surface area contributed by atoms with Crippen LogP contribution in [0.4, 0.5) is 4.39 Å². The van der Waals surface area contributed by atoms with Gasteiger partial charge < -0.3 is 10.1 Å². The molecule has 1 spiro atoms. The van der Waals surface area contributed by atoms with Gasteiger partial charge in [0.25, 0.3) is 0 Å². The quantitative estimate of drug-likeness (QED) is 0.698. The van der Waals surface area contributed by atoms with Crippen LogP contribution in [0.15, 0.2) is 12.1 Å². The predicted molar refractivity (Wildman–Crippen MR) is 60.3 cm³/mol. The van der Waals surface area contributed by atoms with Gasteiger partial charge in [-0.3, -0.25) is 0 Å². The highest BCUT2D eigenvalue weighted by Crippen LogP contribution is 2.44. The Hall–Kier alpha value is -1.42. The van der Waals surface area contributed by atoms with Crippen LogP contribution in [0.3, 0.4) is 0 Å². The summed E-state index contributed by atoms with van der Waals surface area (Å²) in [6.45, 7) is 3.34. The van der Waals surface area contributed by atoms with E-state index in [2.05, 4.69) is 5.32 Å². The van der Waals surface area contributed by atoms with E-state index >= 15 is 0 Å². The number of carbonyl (C=O) groups is 1. The normalized spacial score (nSPS) is 21.4. The third kappa shape index (κ3) is 1.47. The van der Waals surface area contributed by atoms with Crippen molar-refractivity contribution in [1.82, 2.24) is 5.32 Å². The van der Waals surface area contributed by atoms with Gasteiger partial charge in [-0.15, -0.1) is 0 Å². The van der Waals surface area contributed by atoms with Crippen LogP contribution in [-0.4, -0.2) is 19.1 Å². The largest absolute Gasteiger partial charge is 0.450 e.